The summed E-state index contributed by atoms with van der Waals surface area (Å²) in [4.78, 5) is 40.6. The summed E-state index contributed by atoms with van der Waals surface area (Å²) in [7, 11) is 0. The maximum absolute atomic E-state index is 12.7. The molecule has 1 aliphatic heterocycles. The molecule has 0 aromatic carbocycles. The summed E-state index contributed by atoms with van der Waals surface area (Å²) in [6, 6.07) is 1.44. The predicted molar refractivity (Wildman–Crippen MR) is 97.5 cm³/mol. The van der Waals surface area contributed by atoms with Gasteiger partial charge in [-0.25, -0.2) is 0 Å². The Morgan fingerprint density at radius 2 is 2.08 bits per heavy atom. The highest BCUT2D eigenvalue weighted by atomic mass is 16.2. The average Bonchev–Trinajstić information content (AvgIpc) is 3.29. The molecule has 0 spiro atoms. The Kier molecular flexibility index (Phi) is 5.44. The van der Waals surface area contributed by atoms with Crippen molar-refractivity contribution in [3.63, 3.8) is 0 Å². The molecule has 0 saturated carbocycles. The van der Waals surface area contributed by atoms with Crippen LogP contribution in [0.2, 0.25) is 0 Å². The third-order valence-electron chi connectivity index (χ3n) is 5.34. The summed E-state index contributed by atoms with van der Waals surface area (Å²) >= 11 is 0. The van der Waals surface area contributed by atoms with Crippen LogP contribution in [0.3, 0.4) is 0 Å². The third-order valence-corrected chi connectivity index (χ3v) is 5.34. The number of H-pyrrole nitrogens is 1. The number of nitrogens with zero attached hydrogens (tertiary/aromatic N) is 1. The van der Waals surface area contributed by atoms with E-state index in [4.69, 9.17) is 5.73 Å². The molecule has 3 rings (SSSR count). The molecule has 1 aliphatic carbocycles. The Balaban J connectivity index is 1.50. The number of rotatable bonds is 5. The fourth-order valence-corrected chi connectivity index (χ4v) is 3.72. The van der Waals surface area contributed by atoms with E-state index in [0.717, 1.165) is 37.8 Å². The molecule has 0 bridgehead atoms. The van der Waals surface area contributed by atoms with Gasteiger partial charge in [0.25, 0.3) is 5.91 Å². The number of aromatic nitrogens is 1. The highest BCUT2D eigenvalue weighted by Crippen LogP contribution is 2.27. The van der Waals surface area contributed by atoms with Crippen molar-refractivity contribution in [1.29, 1.82) is 0 Å². The van der Waals surface area contributed by atoms with E-state index in [2.05, 4.69) is 17.2 Å². The van der Waals surface area contributed by atoms with Gasteiger partial charge in [0.2, 0.25) is 11.8 Å². The van der Waals surface area contributed by atoms with Crippen molar-refractivity contribution in [1.82, 2.24) is 15.2 Å². The Labute approximate surface area is 153 Å². The number of allylic oxidation sites excluding steroid dienone is 1. The second-order valence-corrected chi connectivity index (χ2v) is 7.25. The van der Waals surface area contributed by atoms with Crippen molar-refractivity contribution in [2.24, 2.45) is 11.7 Å². The van der Waals surface area contributed by atoms with E-state index in [1.165, 1.54) is 24.3 Å². The molecule has 26 heavy (non-hydrogen) atoms. The number of carbonyl (C=O) groups excluding carboxylic acids is 3. The zero-order chi connectivity index (χ0) is 18.7. The van der Waals surface area contributed by atoms with Gasteiger partial charge in [0.1, 0.15) is 5.69 Å². The van der Waals surface area contributed by atoms with Crippen molar-refractivity contribution in [3.05, 3.63) is 34.7 Å². The van der Waals surface area contributed by atoms with E-state index in [0.29, 0.717) is 18.8 Å². The molecule has 7 nitrogen and oxygen atoms in total. The fourth-order valence-electron chi connectivity index (χ4n) is 3.72. The van der Waals surface area contributed by atoms with E-state index in [1.807, 2.05) is 4.90 Å². The SMILES string of the molecule is CC1=C(C(=O)N2CCC(CNC(=O)c3cc(C(N)=O)c[nH]3)C2)CCCC1. The topological polar surface area (TPSA) is 108 Å². The number of likely N-dealkylation sites (tertiary alicyclic amines) is 1. The van der Waals surface area contributed by atoms with Crippen LogP contribution in [0.5, 0.6) is 0 Å². The lowest BCUT2D eigenvalue weighted by Crippen LogP contribution is -2.34. The standard InChI is InChI=1S/C19H26N4O3/c1-12-4-2-3-5-15(12)19(26)23-7-6-13(11-23)9-22-18(25)16-8-14(10-21-16)17(20)24/h8,10,13,21H,2-7,9,11H2,1H3,(H2,20,24)(H,22,25). The van der Waals surface area contributed by atoms with Crippen molar-refractivity contribution < 1.29 is 14.4 Å². The van der Waals surface area contributed by atoms with Gasteiger partial charge in [0.15, 0.2) is 0 Å². The first-order valence-corrected chi connectivity index (χ1v) is 9.20. The minimum atomic E-state index is -0.572. The summed E-state index contributed by atoms with van der Waals surface area (Å²) in [6.45, 7) is 3.99. The molecule has 2 heterocycles. The third kappa shape index (κ3) is 3.98. The second kappa shape index (κ2) is 7.76. The van der Waals surface area contributed by atoms with E-state index in [9.17, 15) is 14.4 Å². The first kappa shape index (κ1) is 18.2. The Morgan fingerprint density at radius 3 is 2.77 bits per heavy atom. The highest BCUT2D eigenvalue weighted by molar-refractivity contribution is 5.98. The molecule has 140 valence electrons. The lowest BCUT2D eigenvalue weighted by molar-refractivity contribution is -0.126. The van der Waals surface area contributed by atoms with Crippen molar-refractivity contribution in [2.75, 3.05) is 19.6 Å². The van der Waals surface area contributed by atoms with Gasteiger partial charge in [-0.1, -0.05) is 5.57 Å². The molecule has 1 unspecified atom stereocenters. The van der Waals surface area contributed by atoms with E-state index in [-0.39, 0.29) is 23.3 Å². The van der Waals surface area contributed by atoms with E-state index in [1.54, 1.807) is 0 Å². The van der Waals surface area contributed by atoms with Crippen LogP contribution >= 0.6 is 0 Å². The lowest BCUT2D eigenvalue weighted by Gasteiger charge is -2.23. The molecule has 1 aromatic rings. The Hall–Kier alpha value is -2.57. The molecule has 2 aliphatic rings. The second-order valence-electron chi connectivity index (χ2n) is 7.25. The van der Waals surface area contributed by atoms with Gasteiger partial charge in [-0.2, -0.15) is 0 Å². The molecule has 1 saturated heterocycles. The molecule has 1 aromatic heterocycles. The Morgan fingerprint density at radius 1 is 1.31 bits per heavy atom. The summed E-state index contributed by atoms with van der Waals surface area (Å²) in [5.74, 6) is -0.421. The van der Waals surface area contributed by atoms with Crippen LogP contribution in [-0.4, -0.2) is 47.2 Å². The summed E-state index contributed by atoms with van der Waals surface area (Å²) in [6.07, 6.45) is 6.49. The maximum atomic E-state index is 12.7. The minimum Gasteiger partial charge on any atom is -0.366 e. The van der Waals surface area contributed by atoms with Crippen molar-refractivity contribution in [3.8, 4) is 0 Å². The van der Waals surface area contributed by atoms with E-state index >= 15 is 0 Å². The Bertz CT molecular complexity index is 750. The molecular formula is C19H26N4O3. The van der Waals surface area contributed by atoms with Crippen molar-refractivity contribution >= 4 is 17.7 Å². The number of amides is 3. The van der Waals surface area contributed by atoms with Crippen LogP contribution in [0.1, 0.15) is 59.9 Å². The molecular weight excluding hydrogens is 332 g/mol. The van der Waals surface area contributed by atoms with Crippen molar-refractivity contribution in [2.45, 2.75) is 39.0 Å². The van der Waals surface area contributed by atoms with Crippen LogP contribution in [0.25, 0.3) is 0 Å². The normalized spacial score (nSPS) is 20.3. The van der Waals surface area contributed by atoms with Gasteiger partial charge in [-0.15, -0.1) is 0 Å². The summed E-state index contributed by atoms with van der Waals surface area (Å²) in [5, 5.41) is 2.87. The number of primary amides is 1. The van der Waals surface area contributed by atoms with Crippen LogP contribution in [0.15, 0.2) is 23.4 Å². The monoisotopic (exact) mass is 358 g/mol. The van der Waals surface area contributed by atoms with Crippen LogP contribution in [0.4, 0.5) is 0 Å². The number of carbonyl (C=O) groups is 3. The zero-order valence-electron chi connectivity index (χ0n) is 15.1. The molecule has 0 radical (unpaired) electrons. The number of nitrogens with one attached hydrogen (secondary N) is 2. The zero-order valence-corrected chi connectivity index (χ0v) is 15.1. The van der Waals surface area contributed by atoms with Crippen LogP contribution < -0.4 is 11.1 Å². The largest absolute Gasteiger partial charge is 0.366 e. The number of hydrogen-bond donors (Lipinski definition) is 3. The summed E-state index contributed by atoms with van der Waals surface area (Å²) in [5.41, 5.74) is 8.00. The number of nitrogens with two attached hydrogens (primary N) is 1. The van der Waals surface area contributed by atoms with Gasteiger partial charge < -0.3 is 20.9 Å². The molecule has 1 atom stereocenters. The average molecular weight is 358 g/mol. The predicted octanol–water partition coefficient (Wildman–Crippen LogP) is 1.58. The lowest BCUT2D eigenvalue weighted by atomic mass is 9.92. The number of aromatic amines is 1. The summed E-state index contributed by atoms with van der Waals surface area (Å²) < 4.78 is 0. The smallest absolute Gasteiger partial charge is 0.267 e. The maximum Gasteiger partial charge on any atom is 0.267 e. The molecule has 4 N–H and O–H groups in total. The first-order chi connectivity index (χ1) is 12.5. The van der Waals surface area contributed by atoms with Gasteiger partial charge >= 0.3 is 0 Å². The first-order valence-electron chi connectivity index (χ1n) is 9.20. The fraction of sp³-hybridized carbons (Fsp3) is 0.526. The molecule has 3 amide bonds. The van der Waals surface area contributed by atoms with Gasteiger partial charge in [0.05, 0.1) is 5.56 Å². The molecule has 1 fully saturated rings. The van der Waals surface area contributed by atoms with Gasteiger partial charge in [0, 0.05) is 31.4 Å². The minimum absolute atomic E-state index is 0.173. The van der Waals surface area contributed by atoms with Crippen LogP contribution in [-0.2, 0) is 4.79 Å². The van der Waals surface area contributed by atoms with Crippen LogP contribution in [0, 0.1) is 5.92 Å². The number of hydrogen-bond acceptors (Lipinski definition) is 3. The quantitative estimate of drug-likeness (QED) is 0.743. The van der Waals surface area contributed by atoms with Gasteiger partial charge in [-0.05, 0) is 51.0 Å². The highest BCUT2D eigenvalue weighted by Gasteiger charge is 2.29. The van der Waals surface area contributed by atoms with E-state index < -0.39 is 5.91 Å². The van der Waals surface area contributed by atoms with Gasteiger partial charge in [-0.3, -0.25) is 14.4 Å². The molecule has 7 heteroatoms.